The normalized spacial score (nSPS) is 16.9. The molecule has 1 aliphatic heterocycles. The largest absolute Gasteiger partial charge is 0.378 e. The quantitative estimate of drug-likeness (QED) is 0.488. The number of nitrogens with zero attached hydrogens (tertiary/aromatic N) is 3. The maximum absolute atomic E-state index is 13.7. The van der Waals surface area contributed by atoms with Crippen molar-refractivity contribution in [2.75, 3.05) is 43.6 Å². The molecule has 2 aliphatic rings. The van der Waals surface area contributed by atoms with E-state index in [1.807, 2.05) is 0 Å². The molecule has 0 unspecified atom stereocenters. The van der Waals surface area contributed by atoms with Crippen molar-refractivity contribution >= 4 is 27.4 Å². The highest BCUT2D eigenvalue weighted by molar-refractivity contribution is 7.92. The van der Waals surface area contributed by atoms with Crippen molar-refractivity contribution in [2.45, 2.75) is 22.5 Å². The number of carbonyl (C=O) groups is 1. The molecular formula is C25H26FN5O4S. The lowest BCUT2D eigenvalue weighted by molar-refractivity contribution is 0.122. The van der Waals surface area contributed by atoms with Gasteiger partial charge in [0.1, 0.15) is 16.4 Å². The highest BCUT2D eigenvalue weighted by atomic mass is 32.2. The van der Waals surface area contributed by atoms with Crippen LogP contribution in [0.15, 0.2) is 59.5 Å². The predicted molar refractivity (Wildman–Crippen MR) is 133 cm³/mol. The molecule has 11 heteroatoms. The van der Waals surface area contributed by atoms with Crippen LogP contribution in [-0.2, 0) is 19.3 Å². The van der Waals surface area contributed by atoms with Crippen molar-refractivity contribution in [3.63, 3.8) is 0 Å². The molecule has 2 amide bonds. The van der Waals surface area contributed by atoms with Gasteiger partial charge in [-0.25, -0.2) is 27.6 Å². The molecule has 5 rings (SSSR count). The Bertz CT molecular complexity index is 1370. The summed E-state index contributed by atoms with van der Waals surface area (Å²) >= 11 is 0. The average Bonchev–Trinajstić information content (AvgIpc) is 3.73. The number of anilines is 2. The van der Waals surface area contributed by atoms with E-state index in [0.717, 1.165) is 12.1 Å². The number of urea groups is 1. The number of hydrogen-bond donors (Lipinski definition) is 2. The fourth-order valence-electron chi connectivity index (χ4n) is 4.26. The molecule has 1 saturated carbocycles. The van der Waals surface area contributed by atoms with Crippen LogP contribution in [0.1, 0.15) is 18.5 Å². The van der Waals surface area contributed by atoms with E-state index >= 15 is 0 Å². The SMILES string of the molecule is CNC(=O)Nc1ccc(-c2nc(N3CCOCC3)cc(C3(S(=O)(=O)c4ccc(F)cc4)CC3)n2)cc1. The number of nitrogens with one attached hydrogen (secondary N) is 2. The summed E-state index contributed by atoms with van der Waals surface area (Å²) in [6, 6.07) is 13.4. The van der Waals surface area contributed by atoms with Crippen LogP contribution in [0, 0.1) is 5.82 Å². The van der Waals surface area contributed by atoms with Crippen LogP contribution in [0.25, 0.3) is 11.4 Å². The van der Waals surface area contributed by atoms with E-state index in [1.54, 1.807) is 30.3 Å². The summed E-state index contributed by atoms with van der Waals surface area (Å²) < 4.78 is 45.1. The van der Waals surface area contributed by atoms with E-state index in [2.05, 4.69) is 15.5 Å². The van der Waals surface area contributed by atoms with Crippen LogP contribution in [0.3, 0.4) is 0 Å². The van der Waals surface area contributed by atoms with Crippen molar-refractivity contribution < 1.29 is 22.3 Å². The van der Waals surface area contributed by atoms with Crippen LogP contribution < -0.4 is 15.5 Å². The fourth-order valence-corrected chi connectivity index (χ4v) is 6.23. The van der Waals surface area contributed by atoms with Gasteiger partial charge in [-0.05, 0) is 61.4 Å². The number of amides is 2. The maximum atomic E-state index is 13.7. The van der Waals surface area contributed by atoms with Gasteiger partial charge < -0.3 is 20.3 Å². The van der Waals surface area contributed by atoms with Crippen molar-refractivity contribution in [2.24, 2.45) is 0 Å². The van der Waals surface area contributed by atoms with Crippen LogP contribution in [0.4, 0.5) is 20.7 Å². The maximum Gasteiger partial charge on any atom is 0.318 e. The Morgan fingerprint density at radius 2 is 1.69 bits per heavy atom. The van der Waals surface area contributed by atoms with Crippen LogP contribution >= 0.6 is 0 Å². The monoisotopic (exact) mass is 511 g/mol. The van der Waals surface area contributed by atoms with Gasteiger partial charge >= 0.3 is 6.03 Å². The molecule has 2 N–H and O–H groups in total. The van der Waals surface area contributed by atoms with E-state index in [1.165, 1.54) is 19.2 Å². The number of sulfone groups is 1. The Morgan fingerprint density at radius 1 is 1.03 bits per heavy atom. The van der Waals surface area contributed by atoms with Crippen LogP contribution in [0.2, 0.25) is 0 Å². The summed E-state index contributed by atoms with van der Waals surface area (Å²) in [5.41, 5.74) is 1.70. The molecule has 0 atom stereocenters. The fraction of sp³-hybridized carbons (Fsp3) is 0.320. The van der Waals surface area contributed by atoms with E-state index in [-0.39, 0.29) is 10.9 Å². The van der Waals surface area contributed by atoms with Gasteiger partial charge in [0, 0.05) is 37.5 Å². The molecule has 3 aromatic rings. The summed E-state index contributed by atoms with van der Waals surface area (Å²) in [6.07, 6.45) is 0.835. The van der Waals surface area contributed by atoms with E-state index in [4.69, 9.17) is 14.7 Å². The molecule has 9 nitrogen and oxygen atoms in total. The van der Waals surface area contributed by atoms with Gasteiger partial charge in [-0.15, -0.1) is 0 Å². The lowest BCUT2D eigenvalue weighted by Crippen LogP contribution is -2.37. The molecule has 0 radical (unpaired) electrons. The molecule has 2 fully saturated rings. The molecule has 2 aromatic carbocycles. The molecule has 1 aromatic heterocycles. The molecule has 2 heterocycles. The second-order valence-electron chi connectivity index (χ2n) is 8.77. The number of aromatic nitrogens is 2. The van der Waals surface area contributed by atoms with Crippen molar-refractivity contribution in [1.29, 1.82) is 0 Å². The minimum atomic E-state index is -3.82. The standard InChI is InChI=1S/C25H26FN5O4S/c1-27-24(32)28-19-6-2-17(3-7-19)23-29-21(16-22(30-23)31-12-14-35-15-13-31)25(10-11-25)36(33,34)20-8-4-18(26)5-9-20/h2-9,16H,10-15H2,1H3,(H2,27,28,32). The molecular weight excluding hydrogens is 485 g/mol. The number of ether oxygens (including phenoxy) is 1. The lowest BCUT2D eigenvalue weighted by Gasteiger charge is -2.29. The van der Waals surface area contributed by atoms with Gasteiger partial charge in [-0.2, -0.15) is 0 Å². The predicted octanol–water partition coefficient (Wildman–Crippen LogP) is 3.33. The third-order valence-electron chi connectivity index (χ3n) is 6.49. The van der Waals surface area contributed by atoms with Gasteiger partial charge in [0.05, 0.1) is 23.8 Å². The first-order valence-corrected chi connectivity index (χ1v) is 13.1. The zero-order valence-corrected chi connectivity index (χ0v) is 20.5. The summed E-state index contributed by atoms with van der Waals surface area (Å²) in [7, 11) is -2.29. The van der Waals surface area contributed by atoms with Crippen LogP contribution in [0.5, 0.6) is 0 Å². The zero-order valence-electron chi connectivity index (χ0n) is 19.7. The van der Waals surface area contributed by atoms with Crippen LogP contribution in [-0.4, -0.2) is 57.8 Å². The molecule has 0 spiro atoms. The number of carbonyl (C=O) groups excluding carboxylic acids is 1. The summed E-state index contributed by atoms with van der Waals surface area (Å²) in [4.78, 5) is 23.2. The third kappa shape index (κ3) is 4.51. The topological polar surface area (TPSA) is 114 Å². The van der Waals surface area contributed by atoms with Gasteiger partial charge in [0.15, 0.2) is 15.7 Å². The highest BCUT2D eigenvalue weighted by Crippen LogP contribution is 2.55. The Balaban J connectivity index is 1.57. The van der Waals surface area contributed by atoms with Gasteiger partial charge in [0.2, 0.25) is 0 Å². The second-order valence-corrected chi connectivity index (χ2v) is 11.0. The minimum Gasteiger partial charge on any atom is -0.378 e. The van der Waals surface area contributed by atoms with Gasteiger partial charge in [-0.1, -0.05) is 0 Å². The third-order valence-corrected chi connectivity index (χ3v) is 9.02. The summed E-state index contributed by atoms with van der Waals surface area (Å²) in [5.74, 6) is 0.527. The molecule has 1 saturated heterocycles. The summed E-state index contributed by atoms with van der Waals surface area (Å²) in [6.45, 7) is 2.35. The smallest absolute Gasteiger partial charge is 0.318 e. The van der Waals surface area contributed by atoms with E-state index < -0.39 is 20.4 Å². The van der Waals surface area contributed by atoms with E-state index in [0.29, 0.717) is 67.7 Å². The Labute approximate surface area is 208 Å². The number of benzene rings is 2. The Morgan fingerprint density at radius 3 is 2.31 bits per heavy atom. The molecule has 0 bridgehead atoms. The first-order chi connectivity index (χ1) is 17.3. The highest BCUT2D eigenvalue weighted by Gasteiger charge is 2.58. The number of rotatable bonds is 6. The first-order valence-electron chi connectivity index (χ1n) is 11.6. The Kier molecular flexibility index (Phi) is 6.35. The van der Waals surface area contributed by atoms with Gasteiger partial charge in [0.25, 0.3) is 0 Å². The minimum absolute atomic E-state index is 0.0686. The van der Waals surface area contributed by atoms with E-state index in [9.17, 15) is 17.6 Å². The lowest BCUT2D eigenvalue weighted by atomic mass is 10.1. The van der Waals surface area contributed by atoms with Crippen molar-refractivity contribution in [3.05, 3.63) is 66.1 Å². The Hall–Kier alpha value is -3.57. The first kappa shape index (κ1) is 24.1. The number of hydrogen-bond acceptors (Lipinski definition) is 7. The van der Waals surface area contributed by atoms with Gasteiger partial charge in [-0.3, -0.25) is 0 Å². The average molecular weight is 512 g/mol. The molecule has 188 valence electrons. The van der Waals surface area contributed by atoms with Crippen molar-refractivity contribution in [1.82, 2.24) is 15.3 Å². The second kappa shape index (κ2) is 9.47. The zero-order chi connectivity index (χ0) is 25.3. The molecule has 1 aliphatic carbocycles. The summed E-state index contributed by atoms with van der Waals surface area (Å²) in [5, 5.41) is 5.20. The van der Waals surface area contributed by atoms with Crippen molar-refractivity contribution in [3.8, 4) is 11.4 Å². The number of halogens is 1. The number of morpholine rings is 1. The molecule has 36 heavy (non-hydrogen) atoms.